The Morgan fingerprint density at radius 1 is 1.48 bits per heavy atom. The van der Waals surface area contributed by atoms with Gasteiger partial charge in [0, 0.05) is 10.9 Å². The minimum Gasteiger partial charge on any atom is -0.462 e. The quantitative estimate of drug-likeness (QED) is 0.852. The van der Waals surface area contributed by atoms with Crippen molar-refractivity contribution < 1.29 is 14.3 Å². The maximum absolute atomic E-state index is 12.2. The largest absolute Gasteiger partial charge is 0.462 e. The Balaban J connectivity index is 1.95. The number of hydrogen-bond donors (Lipinski definition) is 1. The van der Waals surface area contributed by atoms with Gasteiger partial charge in [0.15, 0.2) is 0 Å². The number of carbonyl (C=O) groups excluding carboxylic acids is 2. The van der Waals surface area contributed by atoms with Gasteiger partial charge < -0.3 is 10.1 Å². The molecule has 0 radical (unpaired) electrons. The Morgan fingerprint density at radius 3 is 2.76 bits per heavy atom. The molecule has 6 heteroatoms. The lowest BCUT2D eigenvalue weighted by molar-refractivity contribution is -0.144. The number of benzene rings is 1. The van der Waals surface area contributed by atoms with Crippen LogP contribution in [0.1, 0.15) is 26.7 Å². The van der Waals surface area contributed by atoms with Crippen molar-refractivity contribution in [2.75, 3.05) is 5.32 Å². The molecule has 3 atom stereocenters. The molecule has 0 saturated carbocycles. The van der Waals surface area contributed by atoms with E-state index >= 15 is 0 Å². The maximum Gasteiger partial charge on any atom is 0.309 e. The number of anilines is 1. The molecule has 21 heavy (non-hydrogen) atoms. The Hall–Kier alpha value is -1.26. The molecule has 2 rings (SSSR count). The monoisotopic (exact) mass is 329 g/mol. The van der Waals surface area contributed by atoms with Crippen LogP contribution < -0.4 is 5.32 Å². The van der Waals surface area contributed by atoms with E-state index in [1.54, 1.807) is 25.1 Å². The summed E-state index contributed by atoms with van der Waals surface area (Å²) in [5.41, 5.74) is 0.514. The SMILES string of the molecule is C[C@H]1C[C@@H](C[C@H](C)C(=O)Nc2ccc(Cl)cc2Cl)C(=O)O1. The van der Waals surface area contributed by atoms with Crippen LogP contribution in [0.5, 0.6) is 0 Å². The van der Waals surface area contributed by atoms with Crippen LogP contribution in [0, 0.1) is 11.8 Å². The minimum absolute atomic E-state index is 0.0662. The van der Waals surface area contributed by atoms with Crippen LogP contribution in [0.2, 0.25) is 10.0 Å². The fourth-order valence-electron chi connectivity index (χ4n) is 2.41. The average Bonchev–Trinajstić information content (AvgIpc) is 2.71. The highest BCUT2D eigenvalue weighted by molar-refractivity contribution is 6.36. The first-order chi connectivity index (χ1) is 9.86. The van der Waals surface area contributed by atoms with E-state index in [2.05, 4.69) is 5.32 Å². The third-order valence-corrected chi connectivity index (χ3v) is 4.09. The molecular formula is C15H17Cl2NO3. The molecule has 1 heterocycles. The van der Waals surface area contributed by atoms with Crippen molar-refractivity contribution in [1.82, 2.24) is 0 Å². The zero-order valence-corrected chi connectivity index (χ0v) is 13.4. The van der Waals surface area contributed by atoms with E-state index in [1.165, 1.54) is 0 Å². The summed E-state index contributed by atoms with van der Waals surface area (Å²) in [5, 5.41) is 3.65. The van der Waals surface area contributed by atoms with Crippen molar-refractivity contribution in [3.05, 3.63) is 28.2 Å². The summed E-state index contributed by atoms with van der Waals surface area (Å²) >= 11 is 11.8. The smallest absolute Gasteiger partial charge is 0.309 e. The van der Waals surface area contributed by atoms with Crippen molar-refractivity contribution in [1.29, 1.82) is 0 Å². The Kier molecular flexibility index (Phi) is 5.12. The summed E-state index contributed by atoms with van der Waals surface area (Å²) in [6, 6.07) is 4.88. The van der Waals surface area contributed by atoms with E-state index in [1.807, 2.05) is 6.92 Å². The molecule has 1 amide bonds. The number of amides is 1. The highest BCUT2D eigenvalue weighted by Gasteiger charge is 2.34. The minimum atomic E-state index is -0.306. The Bertz CT molecular complexity index is 562. The summed E-state index contributed by atoms with van der Waals surface area (Å²) in [6.45, 7) is 3.64. The number of ether oxygens (including phenoxy) is 1. The number of halogens is 2. The molecule has 0 aromatic heterocycles. The van der Waals surface area contributed by atoms with Crippen LogP contribution in [-0.4, -0.2) is 18.0 Å². The maximum atomic E-state index is 12.2. The first-order valence-corrected chi connectivity index (χ1v) is 7.59. The highest BCUT2D eigenvalue weighted by Crippen LogP contribution is 2.29. The second-order valence-corrected chi connectivity index (χ2v) is 6.27. The van der Waals surface area contributed by atoms with E-state index in [4.69, 9.17) is 27.9 Å². The van der Waals surface area contributed by atoms with Crippen LogP contribution in [0.25, 0.3) is 0 Å². The molecule has 0 unspecified atom stereocenters. The van der Waals surface area contributed by atoms with Gasteiger partial charge in [-0.15, -0.1) is 0 Å². The van der Waals surface area contributed by atoms with Gasteiger partial charge in [-0.05, 0) is 38.0 Å². The lowest BCUT2D eigenvalue weighted by Crippen LogP contribution is -2.24. The van der Waals surface area contributed by atoms with E-state index < -0.39 is 0 Å². The number of hydrogen-bond acceptors (Lipinski definition) is 3. The van der Waals surface area contributed by atoms with Crippen LogP contribution >= 0.6 is 23.2 Å². The first-order valence-electron chi connectivity index (χ1n) is 6.83. The van der Waals surface area contributed by atoms with Gasteiger partial charge in [0.1, 0.15) is 0 Å². The van der Waals surface area contributed by atoms with Gasteiger partial charge in [-0.1, -0.05) is 30.1 Å². The summed E-state index contributed by atoms with van der Waals surface area (Å²) in [5.74, 6) is -0.903. The lowest BCUT2D eigenvalue weighted by atomic mass is 9.93. The van der Waals surface area contributed by atoms with Crippen molar-refractivity contribution >= 4 is 40.8 Å². The molecule has 1 fully saturated rings. The molecular weight excluding hydrogens is 313 g/mol. The zero-order chi connectivity index (χ0) is 15.6. The van der Waals surface area contributed by atoms with E-state index in [0.29, 0.717) is 28.6 Å². The summed E-state index contributed by atoms with van der Waals surface area (Å²) < 4.78 is 5.10. The molecule has 1 aromatic rings. The number of rotatable bonds is 4. The van der Waals surface area contributed by atoms with Crippen LogP contribution in [0.15, 0.2) is 18.2 Å². The van der Waals surface area contributed by atoms with Gasteiger partial charge in [-0.2, -0.15) is 0 Å². The molecule has 0 bridgehead atoms. The van der Waals surface area contributed by atoms with Gasteiger partial charge >= 0.3 is 5.97 Å². The number of nitrogens with one attached hydrogen (secondary N) is 1. The molecule has 1 aromatic carbocycles. The second kappa shape index (κ2) is 6.67. The van der Waals surface area contributed by atoms with Gasteiger partial charge in [-0.25, -0.2) is 0 Å². The normalized spacial score (nSPS) is 22.8. The Morgan fingerprint density at radius 2 is 2.19 bits per heavy atom. The summed E-state index contributed by atoms with van der Waals surface area (Å²) in [6.07, 6.45) is 1.07. The first kappa shape index (κ1) is 16.1. The number of esters is 1. The predicted octanol–water partition coefficient (Wildman–Crippen LogP) is 3.91. The lowest BCUT2D eigenvalue weighted by Gasteiger charge is -2.15. The molecule has 0 spiro atoms. The molecule has 1 aliphatic rings. The summed E-state index contributed by atoms with van der Waals surface area (Å²) in [7, 11) is 0. The van der Waals surface area contributed by atoms with E-state index in [9.17, 15) is 9.59 Å². The van der Waals surface area contributed by atoms with Crippen LogP contribution in [0.3, 0.4) is 0 Å². The molecule has 1 saturated heterocycles. The number of cyclic esters (lactones) is 1. The topological polar surface area (TPSA) is 55.4 Å². The number of carbonyl (C=O) groups is 2. The van der Waals surface area contributed by atoms with Crippen LogP contribution in [-0.2, 0) is 14.3 Å². The van der Waals surface area contributed by atoms with Crippen molar-refractivity contribution in [3.63, 3.8) is 0 Å². The summed E-state index contributed by atoms with van der Waals surface area (Å²) in [4.78, 5) is 23.8. The predicted molar refractivity (Wildman–Crippen MR) is 82.5 cm³/mol. The van der Waals surface area contributed by atoms with Crippen LogP contribution in [0.4, 0.5) is 5.69 Å². The van der Waals surface area contributed by atoms with Crippen molar-refractivity contribution in [2.45, 2.75) is 32.8 Å². The average molecular weight is 330 g/mol. The molecule has 114 valence electrons. The molecule has 1 N–H and O–H groups in total. The van der Waals surface area contributed by atoms with Gasteiger partial charge in [-0.3, -0.25) is 9.59 Å². The third kappa shape index (κ3) is 4.11. The molecule has 4 nitrogen and oxygen atoms in total. The second-order valence-electron chi connectivity index (χ2n) is 5.43. The zero-order valence-electron chi connectivity index (χ0n) is 11.9. The van der Waals surface area contributed by atoms with E-state index in [0.717, 1.165) is 0 Å². The van der Waals surface area contributed by atoms with Gasteiger partial charge in [0.2, 0.25) is 5.91 Å². The van der Waals surface area contributed by atoms with E-state index in [-0.39, 0.29) is 29.8 Å². The Labute approximate surface area is 133 Å². The molecule has 0 aliphatic carbocycles. The van der Waals surface area contributed by atoms with Gasteiger partial charge in [0.25, 0.3) is 0 Å². The fraction of sp³-hybridized carbons (Fsp3) is 0.467. The van der Waals surface area contributed by atoms with Crippen molar-refractivity contribution in [3.8, 4) is 0 Å². The fourth-order valence-corrected chi connectivity index (χ4v) is 2.87. The van der Waals surface area contributed by atoms with Crippen molar-refractivity contribution in [2.24, 2.45) is 11.8 Å². The molecule has 1 aliphatic heterocycles. The standard InChI is InChI=1S/C15H17Cl2NO3/c1-8(5-10-6-9(2)21-15(10)20)14(19)18-13-4-3-11(16)7-12(13)17/h3-4,7-10H,5-6H2,1-2H3,(H,18,19)/t8-,9-,10+/m0/s1. The highest BCUT2D eigenvalue weighted by atomic mass is 35.5. The third-order valence-electron chi connectivity index (χ3n) is 3.54. The van der Waals surface area contributed by atoms with Gasteiger partial charge in [0.05, 0.1) is 22.7 Å².